The maximum atomic E-state index is 13.8. The number of benzene rings is 1. The first-order valence-corrected chi connectivity index (χ1v) is 6.10. The molecule has 3 aromatic rings. The van der Waals surface area contributed by atoms with Gasteiger partial charge >= 0.3 is 0 Å². The maximum Gasteiger partial charge on any atom is 0.153 e. The number of halogens is 2. The predicted octanol–water partition coefficient (Wildman–Crippen LogP) is 3.03. The number of rotatable bonds is 3. The van der Waals surface area contributed by atoms with Gasteiger partial charge in [-0.15, -0.1) is 0 Å². The van der Waals surface area contributed by atoms with E-state index >= 15 is 0 Å². The van der Waals surface area contributed by atoms with E-state index < -0.39 is 11.6 Å². The van der Waals surface area contributed by atoms with E-state index in [4.69, 9.17) is 0 Å². The lowest BCUT2D eigenvalue weighted by molar-refractivity contribution is 0.112. The highest BCUT2D eigenvalue weighted by molar-refractivity contribution is 5.85. The van der Waals surface area contributed by atoms with Crippen molar-refractivity contribution in [2.75, 3.05) is 0 Å². The fourth-order valence-electron chi connectivity index (χ4n) is 1.97. The van der Waals surface area contributed by atoms with Crippen molar-refractivity contribution in [2.24, 2.45) is 0 Å². The van der Waals surface area contributed by atoms with Crippen molar-refractivity contribution in [2.45, 2.75) is 0 Å². The summed E-state index contributed by atoms with van der Waals surface area (Å²) in [5.41, 5.74) is 0.410. The second kappa shape index (κ2) is 5.24. The molecule has 0 bridgehead atoms. The average Bonchev–Trinajstić information content (AvgIpc) is 2.92. The molecule has 0 fully saturated rings. The Balaban J connectivity index is 2.15. The molecule has 6 heteroatoms. The van der Waals surface area contributed by atoms with Gasteiger partial charge in [0, 0.05) is 24.0 Å². The standard InChI is InChI=1S/C15H9F2N3O/c16-11-4-5-12(13(17)7-11)15-10(9-21)8-20(19-15)14-3-1-2-6-18-14/h1-9H. The Labute approximate surface area is 118 Å². The van der Waals surface area contributed by atoms with Crippen molar-refractivity contribution in [3.63, 3.8) is 0 Å². The third-order valence-corrected chi connectivity index (χ3v) is 2.94. The third kappa shape index (κ3) is 2.43. The van der Waals surface area contributed by atoms with Crippen LogP contribution in [0.2, 0.25) is 0 Å². The first kappa shape index (κ1) is 13.1. The Morgan fingerprint density at radius 2 is 2.00 bits per heavy atom. The summed E-state index contributed by atoms with van der Waals surface area (Å²) in [6.45, 7) is 0. The molecule has 4 nitrogen and oxygen atoms in total. The van der Waals surface area contributed by atoms with E-state index in [1.807, 2.05) is 0 Å². The van der Waals surface area contributed by atoms with Crippen LogP contribution in [0.15, 0.2) is 48.8 Å². The van der Waals surface area contributed by atoms with Crippen LogP contribution in [-0.4, -0.2) is 21.1 Å². The number of carbonyl (C=O) groups excluding carboxylic acids is 1. The smallest absolute Gasteiger partial charge is 0.153 e. The van der Waals surface area contributed by atoms with Crippen molar-refractivity contribution in [3.05, 3.63) is 66.0 Å². The molecule has 0 saturated carbocycles. The van der Waals surface area contributed by atoms with E-state index in [-0.39, 0.29) is 16.8 Å². The molecule has 0 aliphatic carbocycles. The first-order chi connectivity index (χ1) is 10.2. The first-order valence-electron chi connectivity index (χ1n) is 6.10. The van der Waals surface area contributed by atoms with Crippen LogP contribution in [-0.2, 0) is 0 Å². The summed E-state index contributed by atoms with van der Waals surface area (Å²) in [6.07, 6.45) is 3.60. The Morgan fingerprint density at radius 1 is 1.14 bits per heavy atom. The van der Waals surface area contributed by atoms with Gasteiger partial charge in [-0.05, 0) is 24.3 Å². The van der Waals surface area contributed by atoms with Crippen LogP contribution in [0.5, 0.6) is 0 Å². The lowest BCUT2D eigenvalue weighted by atomic mass is 10.1. The summed E-state index contributed by atoms with van der Waals surface area (Å²) in [5, 5.41) is 4.17. The molecule has 3 rings (SSSR count). The highest BCUT2D eigenvalue weighted by Gasteiger charge is 2.16. The van der Waals surface area contributed by atoms with Crippen molar-refractivity contribution in [1.82, 2.24) is 14.8 Å². The number of pyridine rings is 1. The molecule has 0 atom stereocenters. The second-order valence-electron chi connectivity index (χ2n) is 4.31. The van der Waals surface area contributed by atoms with Gasteiger partial charge < -0.3 is 0 Å². The van der Waals surface area contributed by atoms with Gasteiger partial charge in [0.15, 0.2) is 12.1 Å². The van der Waals surface area contributed by atoms with Crippen LogP contribution in [0.4, 0.5) is 8.78 Å². The van der Waals surface area contributed by atoms with Gasteiger partial charge in [-0.25, -0.2) is 18.4 Å². The lowest BCUT2D eigenvalue weighted by Gasteiger charge is -2.01. The maximum absolute atomic E-state index is 13.8. The Hall–Kier alpha value is -2.89. The molecule has 0 aliphatic rings. The second-order valence-corrected chi connectivity index (χ2v) is 4.31. The van der Waals surface area contributed by atoms with Gasteiger partial charge in [-0.3, -0.25) is 4.79 Å². The number of aldehydes is 1. The number of hydrogen-bond donors (Lipinski definition) is 0. The van der Waals surface area contributed by atoms with Crippen molar-refractivity contribution in [3.8, 4) is 17.1 Å². The summed E-state index contributed by atoms with van der Waals surface area (Å²) < 4.78 is 28.2. The van der Waals surface area contributed by atoms with E-state index in [9.17, 15) is 13.6 Å². The fraction of sp³-hybridized carbons (Fsp3) is 0. The van der Waals surface area contributed by atoms with E-state index in [0.717, 1.165) is 12.1 Å². The Kier molecular flexibility index (Phi) is 3.27. The number of carbonyl (C=O) groups is 1. The minimum Gasteiger partial charge on any atom is -0.298 e. The van der Waals surface area contributed by atoms with Crippen LogP contribution in [0.1, 0.15) is 10.4 Å². The van der Waals surface area contributed by atoms with Crippen molar-refractivity contribution >= 4 is 6.29 Å². The Morgan fingerprint density at radius 3 is 2.67 bits per heavy atom. The van der Waals surface area contributed by atoms with Crippen LogP contribution >= 0.6 is 0 Å². The molecule has 1 aromatic carbocycles. The molecule has 0 N–H and O–H groups in total. The van der Waals surface area contributed by atoms with Gasteiger partial charge in [0.2, 0.25) is 0 Å². The minimum atomic E-state index is -0.774. The number of nitrogens with zero attached hydrogens (tertiary/aromatic N) is 3. The Bertz CT molecular complexity index is 800. The van der Waals surface area contributed by atoms with E-state index in [0.29, 0.717) is 12.1 Å². The zero-order chi connectivity index (χ0) is 14.8. The highest BCUT2D eigenvalue weighted by Crippen LogP contribution is 2.25. The summed E-state index contributed by atoms with van der Waals surface area (Å²) >= 11 is 0. The summed E-state index contributed by atoms with van der Waals surface area (Å²) in [6, 6.07) is 8.34. The topological polar surface area (TPSA) is 47.8 Å². The molecule has 2 heterocycles. The summed E-state index contributed by atoms with van der Waals surface area (Å²) in [5.74, 6) is -0.966. The van der Waals surface area contributed by atoms with Crippen LogP contribution in [0.25, 0.3) is 17.1 Å². The zero-order valence-corrected chi connectivity index (χ0v) is 10.7. The molecule has 21 heavy (non-hydrogen) atoms. The van der Waals surface area contributed by atoms with Crippen LogP contribution < -0.4 is 0 Å². The predicted molar refractivity (Wildman–Crippen MR) is 72.1 cm³/mol. The molecule has 0 spiro atoms. The van der Waals surface area contributed by atoms with Gasteiger partial charge in [-0.1, -0.05) is 6.07 Å². The van der Waals surface area contributed by atoms with Gasteiger partial charge in [0.25, 0.3) is 0 Å². The molecule has 0 amide bonds. The van der Waals surface area contributed by atoms with Crippen LogP contribution in [0, 0.1) is 11.6 Å². The zero-order valence-electron chi connectivity index (χ0n) is 10.7. The summed E-state index contributed by atoms with van der Waals surface area (Å²) in [4.78, 5) is 15.3. The van der Waals surface area contributed by atoms with E-state index in [1.54, 1.807) is 24.4 Å². The van der Waals surface area contributed by atoms with Gasteiger partial charge in [-0.2, -0.15) is 5.10 Å². The molecule has 0 aliphatic heterocycles. The highest BCUT2D eigenvalue weighted by atomic mass is 19.1. The van der Waals surface area contributed by atoms with Crippen molar-refractivity contribution < 1.29 is 13.6 Å². The quantitative estimate of drug-likeness (QED) is 0.695. The molecular weight excluding hydrogens is 276 g/mol. The normalized spacial score (nSPS) is 10.6. The van der Waals surface area contributed by atoms with Gasteiger partial charge in [0.05, 0.1) is 5.56 Å². The average molecular weight is 285 g/mol. The molecule has 0 unspecified atom stereocenters. The molecule has 2 aromatic heterocycles. The fourth-order valence-corrected chi connectivity index (χ4v) is 1.97. The largest absolute Gasteiger partial charge is 0.298 e. The molecule has 0 radical (unpaired) electrons. The lowest BCUT2D eigenvalue weighted by Crippen LogP contribution is -1.97. The van der Waals surface area contributed by atoms with E-state index in [1.165, 1.54) is 16.9 Å². The van der Waals surface area contributed by atoms with Gasteiger partial charge in [0.1, 0.15) is 17.3 Å². The monoisotopic (exact) mass is 285 g/mol. The SMILES string of the molecule is O=Cc1cn(-c2ccccn2)nc1-c1ccc(F)cc1F. The molecule has 104 valence electrons. The van der Waals surface area contributed by atoms with E-state index in [2.05, 4.69) is 10.1 Å². The molecule has 0 saturated heterocycles. The number of aromatic nitrogens is 3. The number of hydrogen-bond acceptors (Lipinski definition) is 3. The van der Waals surface area contributed by atoms with Crippen molar-refractivity contribution in [1.29, 1.82) is 0 Å². The molecular formula is C15H9F2N3O. The third-order valence-electron chi connectivity index (χ3n) is 2.94. The minimum absolute atomic E-state index is 0.0631. The van der Waals surface area contributed by atoms with Crippen LogP contribution in [0.3, 0.4) is 0 Å². The summed E-state index contributed by atoms with van der Waals surface area (Å²) in [7, 11) is 0.